The van der Waals surface area contributed by atoms with E-state index >= 15 is 0 Å². The van der Waals surface area contributed by atoms with Crippen LogP contribution in [0.1, 0.15) is 35.7 Å². The van der Waals surface area contributed by atoms with Crippen molar-refractivity contribution in [3.8, 4) is 6.07 Å². The summed E-state index contributed by atoms with van der Waals surface area (Å²) in [5, 5.41) is 8.87. The van der Waals surface area contributed by atoms with E-state index in [1.165, 1.54) is 0 Å². The minimum atomic E-state index is -0.654. The lowest BCUT2D eigenvalue weighted by Gasteiger charge is -2.28. The van der Waals surface area contributed by atoms with Crippen molar-refractivity contribution in [2.45, 2.75) is 25.2 Å². The maximum Gasteiger partial charge on any atom is 0.173 e. The van der Waals surface area contributed by atoms with Crippen molar-refractivity contribution in [1.82, 2.24) is 0 Å². The highest BCUT2D eigenvalue weighted by Crippen LogP contribution is 2.32. The Morgan fingerprint density at radius 3 is 2.15 bits per heavy atom. The number of nitriles is 1. The van der Waals surface area contributed by atoms with Gasteiger partial charge in [-0.05, 0) is 18.9 Å². The Balaban J connectivity index is 2.43. The van der Waals surface area contributed by atoms with Crippen LogP contribution in [-0.4, -0.2) is 5.78 Å². The summed E-state index contributed by atoms with van der Waals surface area (Å²) in [6.07, 6.45) is 0.894. The Morgan fingerprint density at radius 2 is 1.60 bits per heavy atom. The fourth-order valence-electron chi connectivity index (χ4n) is 2.41. The van der Waals surface area contributed by atoms with Crippen LogP contribution < -0.4 is 0 Å². The summed E-state index contributed by atoms with van der Waals surface area (Å²) < 4.78 is 0. The van der Waals surface area contributed by atoms with Gasteiger partial charge >= 0.3 is 0 Å². The molecular weight excluding hydrogens is 246 g/mol. The van der Waals surface area contributed by atoms with E-state index in [-0.39, 0.29) is 5.78 Å². The molecule has 2 aromatic rings. The Morgan fingerprint density at radius 1 is 1.05 bits per heavy atom. The molecule has 0 aliphatic carbocycles. The molecule has 2 nitrogen and oxygen atoms in total. The predicted octanol–water partition coefficient (Wildman–Crippen LogP) is 4.13. The Labute approximate surface area is 119 Å². The number of Topliss-reactive ketones (excluding diaryl/α,β-unsaturated/α-hetero) is 1. The van der Waals surface area contributed by atoms with E-state index in [0.717, 1.165) is 5.56 Å². The first-order chi connectivity index (χ1) is 9.68. The van der Waals surface area contributed by atoms with Gasteiger partial charge in [0.25, 0.3) is 0 Å². The molecule has 0 radical (unpaired) electrons. The van der Waals surface area contributed by atoms with Crippen LogP contribution >= 0.6 is 0 Å². The molecule has 0 aliphatic rings. The Kier molecular flexibility index (Phi) is 4.32. The molecule has 1 unspecified atom stereocenters. The summed E-state index contributed by atoms with van der Waals surface area (Å²) in [4.78, 5) is 12.9. The van der Waals surface area contributed by atoms with E-state index in [2.05, 4.69) is 6.07 Å². The second-order valence-corrected chi connectivity index (χ2v) is 5.05. The summed E-state index contributed by atoms with van der Waals surface area (Å²) in [7, 11) is 0. The first-order valence-corrected chi connectivity index (χ1v) is 6.71. The number of hydrogen-bond donors (Lipinski definition) is 0. The number of ketones is 1. The Hall–Kier alpha value is -2.40. The average Bonchev–Trinajstić information content (AvgIpc) is 2.53. The van der Waals surface area contributed by atoms with Crippen LogP contribution in [0.4, 0.5) is 0 Å². The van der Waals surface area contributed by atoms with Crippen LogP contribution in [-0.2, 0) is 5.41 Å². The summed E-state index contributed by atoms with van der Waals surface area (Å²) in [6, 6.07) is 21.1. The first-order valence-electron chi connectivity index (χ1n) is 6.71. The third-order valence-corrected chi connectivity index (χ3v) is 3.68. The third kappa shape index (κ3) is 2.78. The van der Waals surface area contributed by atoms with Crippen molar-refractivity contribution in [2.75, 3.05) is 0 Å². The molecule has 100 valence electrons. The van der Waals surface area contributed by atoms with E-state index in [0.29, 0.717) is 18.4 Å². The molecule has 0 spiro atoms. The predicted molar refractivity (Wildman–Crippen MR) is 79.4 cm³/mol. The number of benzene rings is 2. The molecule has 1 atom stereocenters. The third-order valence-electron chi connectivity index (χ3n) is 3.68. The van der Waals surface area contributed by atoms with E-state index in [9.17, 15) is 4.79 Å². The number of carbonyl (C=O) groups excluding carboxylic acids is 1. The topological polar surface area (TPSA) is 40.9 Å². The molecule has 2 rings (SSSR count). The fourth-order valence-corrected chi connectivity index (χ4v) is 2.41. The normalized spacial score (nSPS) is 13.2. The van der Waals surface area contributed by atoms with Gasteiger partial charge in [-0.25, -0.2) is 0 Å². The maximum atomic E-state index is 12.9. The van der Waals surface area contributed by atoms with Crippen LogP contribution in [0.15, 0.2) is 60.7 Å². The van der Waals surface area contributed by atoms with Crippen molar-refractivity contribution < 1.29 is 4.79 Å². The van der Waals surface area contributed by atoms with Gasteiger partial charge in [0.15, 0.2) is 5.78 Å². The van der Waals surface area contributed by atoms with Crippen molar-refractivity contribution >= 4 is 5.78 Å². The van der Waals surface area contributed by atoms with Crippen LogP contribution in [0.2, 0.25) is 0 Å². The molecule has 0 amide bonds. The van der Waals surface area contributed by atoms with E-state index in [4.69, 9.17) is 5.26 Å². The molecule has 2 aromatic carbocycles. The second kappa shape index (κ2) is 6.16. The highest BCUT2D eigenvalue weighted by atomic mass is 16.1. The van der Waals surface area contributed by atoms with Gasteiger partial charge in [-0.3, -0.25) is 4.79 Å². The van der Waals surface area contributed by atoms with Crippen molar-refractivity contribution in [2.24, 2.45) is 0 Å². The largest absolute Gasteiger partial charge is 0.293 e. The number of rotatable bonds is 5. The van der Waals surface area contributed by atoms with Gasteiger partial charge in [-0.2, -0.15) is 5.26 Å². The molecule has 2 heteroatoms. The van der Waals surface area contributed by atoms with Gasteiger partial charge in [0, 0.05) is 12.0 Å². The zero-order chi connectivity index (χ0) is 14.4. The number of hydrogen-bond acceptors (Lipinski definition) is 2. The number of nitrogens with zero attached hydrogens (tertiary/aromatic N) is 1. The van der Waals surface area contributed by atoms with Gasteiger partial charge in [0.1, 0.15) is 0 Å². The molecule has 0 saturated carbocycles. The lowest BCUT2D eigenvalue weighted by molar-refractivity contribution is 0.0889. The van der Waals surface area contributed by atoms with E-state index in [1.807, 2.05) is 67.6 Å². The van der Waals surface area contributed by atoms with Crippen LogP contribution in [0, 0.1) is 11.3 Å². The highest BCUT2D eigenvalue weighted by Gasteiger charge is 2.35. The lowest BCUT2D eigenvalue weighted by Crippen LogP contribution is -2.32. The van der Waals surface area contributed by atoms with E-state index < -0.39 is 5.41 Å². The van der Waals surface area contributed by atoms with Crippen LogP contribution in [0.25, 0.3) is 0 Å². The molecule has 0 N–H and O–H groups in total. The summed E-state index contributed by atoms with van der Waals surface area (Å²) in [5.41, 5.74) is 0.999. The van der Waals surface area contributed by atoms with Crippen LogP contribution in [0.5, 0.6) is 0 Å². The minimum Gasteiger partial charge on any atom is -0.293 e. The van der Waals surface area contributed by atoms with Crippen molar-refractivity contribution in [3.05, 3.63) is 71.8 Å². The van der Waals surface area contributed by atoms with E-state index in [1.54, 1.807) is 0 Å². The van der Waals surface area contributed by atoms with Gasteiger partial charge in [0.2, 0.25) is 0 Å². The average molecular weight is 263 g/mol. The monoisotopic (exact) mass is 263 g/mol. The lowest BCUT2D eigenvalue weighted by atomic mass is 9.73. The van der Waals surface area contributed by atoms with Crippen molar-refractivity contribution in [1.29, 1.82) is 5.26 Å². The van der Waals surface area contributed by atoms with Gasteiger partial charge < -0.3 is 0 Å². The highest BCUT2D eigenvalue weighted by molar-refractivity contribution is 6.03. The molecule has 0 saturated heterocycles. The maximum absolute atomic E-state index is 12.9. The fraction of sp³-hybridized carbons (Fsp3) is 0.222. The van der Waals surface area contributed by atoms with Crippen LogP contribution in [0.3, 0.4) is 0 Å². The second-order valence-electron chi connectivity index (χ2n) is 5.05. The van der Waals surface area contributed by atoms with Gasteiger partial charge in [0.05, 0.1) is 11.5 Å². The van der Waals surface area contributed by atoms with Crippen molar-refractivity contribution in [3.63, 3.8) is 0 Å². The van der Waals surface area contributed by atoms with Gasteiger partial charge in [-0.15, -0.1) is 0 Å². The zero-order valence-electron chi connectivity index (χ0n) is 11.5. The molecular formula is C18H17NO. The summed E-state index contributed by atoms with van der Waals surface area (Å²) in [6.45, 7) is 1.93. The molecule has 0 aromatic heterocycles. The molecule has 0 heterocycles. The standard InChI is InChI=1S/C18H17NO/c1-18(13-8-14-19,16-11-6-3-7-12-16)17(20)15-9-4-2-5-10-15/h2-7,9-12H,8,13H2,1H3. The van der Waals surface area contributed by atoms with Gasteiger partial charge in [-0.1, -0.05) is 60.7 Å². The smallest absolute Gasteiger partial charge is 0.173 e. The summed E-state index contributed by atoms with van der Waals surface area (Å²) in [5.74, 6) is 0.0690. The number of carbonyl (C=O) groups is 1. The SMILES string of the molecule is CC(CCC#N)(C(=O)c1ccccc1)c1ccccc1. The molecule has 0 aliphatic heterocycles. The molecule has 0 bridgehead atoms. The first kappa shape index (κ1) is 14.0. The minimum absolute atomic E-state index is 0.0690. The molecule has 0 fully saturated rings. The molecule has 20 heavy (non-hydrogen) atoms. The Bertz CT molecular complexity index is 613. The quantitative estimate of drug-likeness (QED) is 0.761. The summed E-state index contributed by atoms with van der Waals surface area (Å²) >= 11 is 0. The zero-order valence-corrected chi connectivity index (χ0v) is 11.5.